The zero-order valence-corrected chi connectivity index (χ0v) is 7.52. The van der Waals surface area contributed by atoms with Crippen LogP contribution in [0, 0.1) is 12.0 Å². The standard InChI is InChI=1S/C7H10BrNO/c1-2-3-9-4-5-10-7(8)6-9/h7H,4-6H2,1H3. The average Bonchev–Trinajstić information content (AvgIpc) is 1.88. The molecule has 1 aliphatic rings. The van der Waals surface area contributed by atoms with E-state index < -0.39 is 0 Å². The summed E-state index contributed by atoms with van der Waals surface area (Å²) < 4.78 is 5.26. The fraction of sp³-hybridized carbons (Fsp3) is 0.714. The third kappa shape index (κ3) is 2.20. The first-order chi connectivity index (χ1) is 4.83. The second-order valence-corrected chi connectivity index (χ2v) is 3.11. The molecule has 0 aliphatic carbocycles. The zero-order valence-electron chi connectivity index (χ0n) is 5.93. The molecule has 0 spiro atoms. The third-order valence-electron chi connectivity index (χ3n) is 1.29. The van der Waals surface area contributed by atoms with E-state index >= 15 is 0 Å². The predicted octanol–water partition coefficient (Wildman–Crippen LogP) is 1.02. The molecule has 0 bridgehead atoms. The smallest absolute Gasteiger partial charge is 0.130 e. The van der Waals surface area contributed by atoms with Crippen molar-refractivity contribution in [3.05, 3.63) is 0 Å². The summed E-state index contributed by atoms with van der Waals surface area (Å²) in [5.74, 6) is 2.86. The first-order valence-corrected chi connectivity index (χ1v) is 4.17. The van der Waals surface area contributed by atoms with E-state index in [-0.39, 0.29) is 5.01 Å². The number of ether oxygens (including phenoxy) is 1. The minimum atomic E-state index is 0.155. The summed E-state index contributed by atoms with van der Waals surface area (Å²) in [7, 11) is 0. The maximum atomic E-state index is 5.26. The summed E-state index contributed by atoms with van der Waals surface area (Å²) in [5.41, 5.74) is 0. The molecule has 0 saturated carbocycles. The van der Waals surface area contributed by atoms with Gasteiger partial charge in [-0.3, -0.25) is 0 Å². The van der Waals surface area contributed by atoms with Crippen LogP contribution in [-0.2, 0) is 4.74 Å². The van der Waals surface area contributed by atoms with Gasteiger partial charge < -0.3 is 9.64 Å². The van der Waals surface area contributed by atoms with Gasteiger partial charge >= 0.3 is 0 Å². The Morgan fingerprint density at radius 1 is 1.70 bits per heavy atom. The fourth-order valence-corrected chi connectivity index (χ4v) is 1.40. The number of nitrogens with zero attached hydrogens (tertiary/aromatic N) is 1. The largest absolute Gasteiger partial charge is 0.363 e. The molecule has 1 atom stereocenters. The van der Waals surface area contributed by atoms with E-state index in [9.17, 15) is 0 Å². The summed E-state index contributed by atoms with van der Waals surface area (Å²) in [6.45, 7) is 4.40. The number of morpholine rings is 1. The lowest BCUT2D eigenvalue weighted by Gasteiger charge is -2.26. The van der Waals surface area contributed by atoms with Gasteiger partial charge in [0.15, 0.2) is 0 Å². The van der Waals surface area contributed by atoms with Crippen LogP contribution in [0.2, 0.25) is 0 Å². The van der Waals surface area contributed by atoms with Gasteiger partial charge in [0.25, 0.3) is 0 Å². The van der Waals surface area contributed by atoms with Crippen molar-refractivity contribution in [3.8, 4) is 12.0 Å². The number of halogens is 1. The summed E-state index contributed by atoms with van der Waals surface area (Å²) >= 11 is 3.37. The maximum absolute atomic E-state index is 5.26. The van der Waals surface area contributed by atoms with Crippen LogP contribution in [-0.4, -0.2) is 29.6 Å². The number of alkyl halides is 1. The van der Waals surface area contributed by atoms with Crippen molar-refractivity contribution >= 4 is 15.9 Å². The molecule has 0 aromatic carbocycles. The second kappa shape index (κ2) is 3.85. The molecule has 1 aliphatic heterocycles. The van der Waals surface area contributed by atoms with Crippen LogP contribution in [0.4, 0.5) is 0 Å². The molecule has 0 radical (unpaired) electrons. The topological polar surface area (TPSA) is 12.5 Å². The molecule has 10 heavy (non-hydrogen) atoms. The quantitative estimate of drug-likeness (QED) is 0.431. The molecule has 1 unspecified atom stereocenters. The molecule has 0 N–H and O–H groups in total. The average molecular weight is 204 g/mol. The van der Waals surface area contributed by atoms with Crippen LogP contribution in [0.3, 0.4) is 0 Å². The van der Waals surface area contributed by atoms with E-state index in [0.29, 0.717) is 0 Å². The van der Waals surface area contributed by atoms with Gasteiger partial charge in [0, 0.05) is 12.6 Å². The van der Waals surface area contributed by atoms with Crippen LogP contribution in [0.5, 0.6) is 0 Å². The van der Waals surface area contributed by atoms with Crippen molar-refractivity contribution < 1.29 is 4.74 Å². The Morgan fingerprint density at radius 3 is 3.10 bits per heavy atom. The zero-order chi connectivity index (χ0) is 7.40. The monoisotopic (exact) mass is 203 g/mol. The van der Waals surface area contributed by atoms with Crippen LogP contribution >= 0.6 is 15.9 Å². The van der Waals surface area contributed by atoms with E-state index in [2.05, 4.69) is 32.8 Å². The molecule has 1 fully saturated rings. The lowest BCUT2D eigenvalue weighted by atomic mass is 10.4. The fourth-order valence-electron chi connectivity index (χ4n) is 0.868. The molecule has 2 nitrogen and oxygen atoms in total. The minimum Gasteiger partial charge on any atom is -0.363 e. The van der Waals surface area contributed by atoms with Crippen molar-refractivity contribution in [1.82, 2.24) is 4.90 Å². The summed E-state index contributed by atoms with van der Waals surface area (Å²) in [6, 6.07) is 2.99. The SMILES string of the molecule is CC#CN1CCOC(Br)C1. The van der Waals surface area contributed by atoms with Crippen molar-refractivity contribution in [2.24, 2.45) is 0 Å². The predicted molar refractivity (Wildman–Crippen MR) is 43.7 cm³/mol. The Labute approximate surface area is 69.7 Å². The molecular weight excluding hydrogens is 194 g/mol. The van der Waals surface area contributed by atoms with E-state index in [1.54, 1.807) is 0 Å². The molecule has 0 aromatic rings. The van der Waals surface area contributed by atoms with Crippen LogP contribution in [0.15, 0.2) is 0 Å². The van der Waals surface area contributed by atoms with Crippen molar-refractivity contribution in [3.63, 3.8) is 0 Å². The number of hydrogen-bond acceptors (Lipinski definition) is 2. The molecule has 1 rings (SSSR count). The minimum absolute atomic E-state index is 0.155. The Balaban J connectivity index is 2.37. The summed E-state index contributed by atoms with van der Waals surface area (Å²) in [4.78, 5) is 2.06. The van der Waals surface area contributed by atoms with E-state index in [1.165, 1.54) is 0 Å². The summed E-state index contributed by atoms with van der Waals surface area (Å²) in [6.07, 6.45) is 0. The van der Waals surface area contributed by atoms with E-state index in [4.69, 9.17) is 4.74 Å². The summed E-state index contributed by atoms with van der Waals surface area (Å²) in [5, 5.41) is 0.155. The number of rotatable bonds is 0. The van der Waals surface area contributed by atoms with Crippen LogP contribution < -0.4 is 0 Å². The molecular formula is C7H10BrNO. The molecule has 3 heteroatoms. The van der Waals surface area contributed by atoms with Gasteiger partial charge in [-0.05, 0) is 6.92 Å². The normalized spacial score (nSPS) is 25.4. The van der Waals surface area contributed by atoms with Crippen LogP contribution in [0.1, 0.15) is 6.92 Å². The van der Waals surface area contributed by atoms with Crippen molar-refractivity contribution in [1.29, 1.82) is 0 Å². The first-order valence-electron chi connectivity index (χ1n) is 3.26. The Kier molecular flexibility index (Phi) is 3.04. The molecule has 56 valence electrons. The van der Waals surface area contributed by atoms with Crippen molar-refractivity contribution in [2.75, 3.05) is 19.7 Å². The van der Waals surface area contributed by atoms with Gasteiger partial charge in [-0.25, -0.2) is 0 Å². The van der Waals surface area contributed by atoms with Gasteiger partial charge in [0.05, 0.1) is 13.2 Å². The lowest BCUT2D eigenvalue weighted by Crippen LogP contribution is -2.36. The third-order valence-corrected chi connectivity index (χ3v) is 1.85. The number of hydrogen-bond donors (Lipinski definition) is 0. The van der Waals surface area contributed by atoms with Gasteiger partial charge in [0.2, 0.25) is 0 Å². The highest BCUT2D eigenvalue weighted by molar-refractivity contribution is 9.09. The van der Waals surface area contributed by atoms with Gasteiger partial charge in [0.1, 0.15) is 5.01 Å². The van der Waals surface area contributed by atoms with E-state index in [1.807, 2.05) is 6.92 Å². The first kappa shape index (κ1) is 7.90. The lowest BCUT2D eigenvalue weighted by molar-refractivity contribution is 0.0460. The highest BCUT2D eigenvalue weighted by Gasteiger charge is 2.14. The highest BCUT2D eigenvalue weighted by Crippen LogP contribution is 2.08. The molecule has 0 aromatic heterocycles. The maximum Gasteiger partial charge on any atom is 0.130 e. The van der Waals surface area contributed by atoms with Gasteiger partial charge in [-0.2, -0.15) is 0 Å². The Bertz CT molecular complexity index is 161. The van der Waals surface area contributed by atoms with Gasteiger partial charge in [-0.1, -0.05) is 21.9 Å². The van der Waals surface area contributed by atoms with Crippen LogP contribution in [0.25, 0.3) is 0 Å². The van der Waals surface area contributed by atoms with E-state index in [0.717, 1.165) is 19.7 Å². The molecule has 1 heterocycles. The second-order valence-electron chi connectivity index (χ2n) is 2.09. The molecule has 1 saturated heterocycles. The van der Waals surface area contributed by atoms with Crippen molar-refractivity contribution in [2.45, 2.75) is 11.9 Å². The van der Waals surface area contributed by atoms with Gasteiger partial charge in [-0.15, -0.1) is 0 Å². The highest BCUT2D eigenvalue weighted by atomic mass is 79.9. The Hall–Kier alpha value is -0.200. The molecule has 0 amide bonds. The Morgan fingerprint density at radius 2 is 2.50 bits per heavy atom.